The molecule has 1 N–H and O–H groups in total. The van der Waals surface area contributed by atoms with E-state index in [1.54, 1.807) is 13.1 Å². The molecule has 0 saturated heterocycles. The smallest absolute Gasteiger partial charge is 0.248 e. The van der Waals surface area contributed by atoms with E-state index in [1.807, 2.05) is 41.3 Å². The Hall–Kier alpha value is -2.99. The van der Waals surface area contributed by atoms with Gasteiger partial charge < -0.3 is 10.0 Å². The molecule has 132 valence electrons. The predicted molar refractivity (Wildman–Crippen MR) is 97.7 cm³/mol. The number of carbonyl (C=O) groups excluding carboxylic acids is 1. The predicted octanol–water partition coefficient (Wildman–Crippen LogP) is 2.51. The summed E-state index contributed by atoms with van der Waals surface area (Å²) in [5.41, 5.74) is 3.77. The Bertz CT molecular complexity index is 920. The van der Waals surface area contributed by atoms with E-state index in [4.69, 9.17) is 0 Å². The highest BCUT2D eigenvalue weighted by molar-refractivity contribution is 5.96. The monoisotopic (exact) mass is 348 g/mol. The summed E-state index contributed by atoms with van der Waals surface area (Å²) in [5, 5.41) is 17.4. The molecule has 6 heteroatoms. The third-order valence-electron chi connectivity index (χ3n) is 4.75. The molecule has 0 radical (unpaired) electrons. The average Bonchev–Trinajstić information content (AvgIpc) is 3.27. The number of hydrogen-bond donors (Lipinski definition) is 1. The van der Waals surface area contributed by atoms with Gasteiger partial charge in [-0.1, -0.05) is 53.7 Å². The van der Waals surface area contributed by atoms with Crippen LogP contribution in [0.4, 0.5) is 5.69 Å². The zero-order chi connectivity index (χ0) is 18.1. The SMILES string of the molecule is CC(O)c1cn(CC(=O)N2CC(c3ccccc3)c3ccccc32)nn1. The van der Waals surface area contributed by atoms with Gasteiger partial charge in [0.1, 0.15) is 12.2 Å². The maximum atomic E-state index is 12.9. The first-order valence-electron chi connectivity index (χ1n) is 8.66. The van der Waals surface area contributed by atoms with Crippen molar-refractivity contribution in [2.45, 2.75) is 25.5 Å². The van der Waals surface area contributed by atoms with Crippen molar-refractivity contribution in [2.75, 3.05) is 11.4 Å². The van der Waals surface area contributed by atoms with Crippen LogP contribution < -0.4 is 4.90 Å². The molecule has 0 bridgehead atoms. The number of para-hydroxylation sites is 1. The van der Waals surface area contributed by atoms with Crippen molar-refractivity contribution in [3.05, 3.63) is 77.6 Å². The number of nitrogens with zero attached hydrogens (tertiary/aromatic N) is 4. The summed E-state index contributed by atoms with van der Waals surface area (Å²) >= 11 is 0. The Morgan fingerprint density at radius 1 is 1.19 bits per heavy atom. The van der Waals surface area contributed by atoms with Crippen LogP contribution in [0.25, 0.3) is 0 Å². The summed E-state index contributed by atoms with van der Waals surface area (Å²) in [6.45, 7) is 2.33. The highest BCUT2D eigenvalue weighted by Crippen LogP contribution is 2.40. The number of aromatic nitrogens is 3. The molecular formula is C20H20N4O2. The van der Waals surface area contributed by atoms with Crippen LogP contribution in [0.1, 0.15) is 35.8 Å². The molecule has 1 aliphatic rings. The van der Waals surface area contributed by atoms with Gasteiger partial charge in [-0.3, -0.25) is 4.79 Å². The molecule has 0 saturated carbocycles. The molecule has 2 aromatic carbocycles. The largest absolute Gasteiger partial charge is 0.387 e. The number of aliphatic hydroxyl groups is 1. The summed E-state index contributed by atoms with van der Waals surface area (Å²) < 4.78 is 1.48. The summed E-state index contributed by atoms with van der Waals surface area (Å²) in [5.74, 6) is 0.123. The van der Waals surface area contributed by atoms with Gasteiger partial charge in [0, 0.05) is 18.2 Å². The lowest BCUT2D eigenvalue weighted by molar-refractivity contribution is -0.119. The van der Waals surface area contributed by atoms with Gasteiger partial charge in [-0.2, -0.15) is 0 Å². The molecule has 1 aromatic heterocycles. The van der Waals surface area contributed by atoms with Crippen molar-refractivity contribution >= 4 is 11.6 Å². The van der Waals surface area contributed by atoms with Gasteiger partial charge in [0.05, 0.1) is 12.3 Å². The molecule has 2 atom stereocenters. The van der Waals surface area contributed by atoms with Gasteiger partial charge in [0.15, 0.2) is 0 Å². The van der Waals surface area contributed by atoms with Gasteiger partial charge in [-0.15, -0.1) is 5.10 Å². The van der Waals surface area contributed by atoms with Crippen molar-refractivity contribution in [3.8, 4) is 0 Å². The molecule has 26 heavy (non-hydrogen) atoms. The molecule has 1 amide bonds. The number of amides is 1. The second-order valence-electron chi connectivity index (χ2n) is 6.54. The number of hydrogen-bond acceptors (Lipinski definition) is 4. The van der Waals surface area contributed by atoms with E-state index in [-0.39, 0.29) is 18.4 Å². The van der Waals surface area contributed by atoms with Crippen molar-refractivity contribution in [2.24, 2.45) is 0 Å². The topological polar surface area (TPSA) is 71.2 Å². The number of benzene rings is 2. The van der Waals surface area contributed by atoms with Gasteiger partial charge in [-0.25, -0.2) is 4.68 Å². The second-order valence-corrected chi connectivity index (χ2v) is 6.54. The molecule has 0 fully saturated rings. The van der Waals surface area contributed by atoms with E-state index in [2.05, 4.69) is 28.5 Å². The first-order valence-corrected chi connectivity index (χ1v) is 8.66. The molecule has 0 aliphatic carbocycles. The lowest BCUT2D eigenvalue weighted by Crippen LogP contribution is -2.33. The number of fused-ring (bicyclic) bond motifs is 1. The lowest BCUT2D eigenvalue weighted by atomic mass is 9.93. The first-order chi connectivity index (χ1) is 12.6. The maximum absolute atomic E-state index is 12.9. The first kappa shape index (κ1) is 16.5. The molecule has 6 nitrogen and oxygen atoms in total. The Morgan fingerprint density at radius 3 is 2.65 bits per heavy atom. The summed E-state index contributed by atoms with van der Waals surface area (Å²) in [6.07, 6.45) is 0.910. The fourth-order valence-corrected chi connectivity index (χ4v) is 3.42. The van der Waals surface area contributed by atoms with E-state index in [1.165, 1.54) is 10.2 Å². The molecule has 3 aromatic rings. The van der Waals surface area contributed by atoms with Gasteiger partial charge in [0.2, 0.25) is 5.91 Å². The normalized spacial score (nSPS) is 17.2. The van der Waals surface area contributed by atoms with Crippen molar-refractivity contribution < 1.29 is 9.90 Å². The lowest BCUT2D eigenvalue weighted by Gasteiger charge is -2.18. The fourth-order valence-electron chi connectivity index (χ4n) is 3.42. The molecule has 2 unspecified atom stereocenters. The number of carbonyl (C=O) groups is 1. The van der Waals surface area contributed by atoms with Crippen LogP contribution in [-0.4, -0.2) is 32.6 Å². The van der Waals surface area contributed by atoms with Crippen molar-refractivity contribution in [3.63, 3.8) is 0 Å². The minimum atomic E-state index is -0.700. The van der Waals surface area contributed by atoms with Crippen LogP contribution in [0.5, 0.6) is 0 Å². The van der Waals surface area contributed by atoms with Gasteiger partial charge in [0.25, 0.3) is 0 Å². The quantitative estimate of drug-likeness (QED) is 0.786. The maximum Gasteiger partial charge on any atom is 0.248 e. The van der Waals surface area contributed by atoms with Crippen LogP contribution in [0.15, 0.2) is 60.8 Å². The Kier molecular flexibility index (Phi) is 4.26. The Balaban J connectivity index is 1.59. The summed E-state index contributed by atoms with van der Waals surface area (Å²) in [4.78, 5) is 14.7. The highest BCUT2D eigenvalue weighted by Gasteiger charge is 2.33. The molecule has 0 spiro atoms. The third-order valence-corrected chi connectivity index (χ3v) is 4.75. The average molecular weight is 348 g/mol. The van der Waals surface area contributed by atoms with Crippen LogP contribution in [-0.2, 0) is 11.3 Å². The molecule has 1 aliphatic heterocycles. The standard InChI is InChI=1S/C20H20N4O2/c1-14(25)18-12-23(22-21-18)13-20(26)24-11-17(15-7-3-2-4-8-15)16-9-5-6-10-19(16)24/h2-10,12,14,17,25H,11,13H2,1H3. The molecule has 4 rings (SSSR count). The minimum absolute atomic E-state index is 0.0436. The van der Waals surface area contributed by atoms with E-state index >= 15 is 0 Å². The molecular weight excluding hydrogens is 328 g/mol. The van der Waals surface area contributed by atoms with Crippen molar-refractivity contribution in [1.82, 2.24) is 15.0 Å². The zero-order valence-corrected chi connectivity index (χ0v) is 14.5. The second kappa shape index (κ2) is 6.72. The minimum Gasteiger partial charge on any atom is -0.387 e. The number of rotatable bonds is 4. The van der Waals surface area contributed by atoms with Crippen LogP contribution in [0.2, 0.25) is 0 Å². The number of anilines is 1. The van der Waals surface area contributed by atoms with Crippen LogP contribution >= 0.6 is 0 Å². The van der Waals surface area contributed by atoms with Crippen LogP contribution in [0.3, 0.4) is 0 Å². The third kappa shape index (κ3) is 2.99. The van der Waals surface area contributed by atoms with Crippen LogP contribution in [0, 0.1) is 0 Å². The summed E-state index contributed by atoms with van der Waals surface area (Å²) in [7, 11) is 0. The van der Waals surface area contributed by atoms with Gasteiger partial charge in [-0.05, 0) is 24.1 Å². The van der Waals surface area contributed by atoms with E-state index in [9.17, 15) is 9.90 Å². The summed E-state index contributed by atoms with van der Waals surface area (Å²) in [6, 6.07) is 18.3. The Morgan fingerprint density at radius 2 is 1.92 bits per heavy atom. The van der Waals surface area contributed by atoms with Gasteiger partial charge >= 0.3 is 0 Å². The fraction of sp³-hybridized carbons (Fsp3) is 0.250. The van der Waals surface area contributed by atoms with E-state index in [0.29, 0.717) is 12.2 Å². The molecule has 2 heterocycles. The zero-order valence-electron chi connectivity index (χ0n) is 14.5. The Labute approximate surface area is 151 Å². The van der Waals surface area contributed by atoms with Crippen molar-refractivity contribution in [1.29, 1.82) is 0 Å². The van der Waals surface area contributed by atoms with E-state index in [0.717, 1.165) is 11.3 Å². The van der Waals surface area contributed by atoms with E-state index < -0.39 is 6.10 Å². The number of aliphatic hydroxyl groups excluding tert-OH is 1. The highest BCUT2D eigenvalue weighted by atomic mass is 16.3.